The van der Waals surface area contributed by atoms with Crippen LogP contribution in [0.2, 0.25) is 5.02 Å². The second kappa shape index (κ2) is 8.41. The highest BCUT2D eigenvalue weighted by Gasteiger charge is 2.16. The molecule has 3 nitrogen and oxygen atoms in total. The predicted molar refractivity (Wildman–Crippen MR) is 116 cm³/mol. The van der Waals surface area contributed by atoms with E-state index in [0.717, 1.165) is 20.7 Å². The molecule has 0 aliphatic heterocycles. The number of carboxylic acids is 1. The minimum atomic E-state index is -0.978. The Morgan fingerprint density at radius 2 is 1.74 bits per heavy atom. The lowest BCUT2D eigenvalue weighted by Crippen LogP contribution is -2.11. The lowest BCUT2D eigenvalue weighted by Gasteiger charge is -2.20. The van der Waals surface area contributed by atoms with Crippen LogP contribution in [-0.4, -0.2) is 16.1 Å². The molecule has 144 valence electrons. The average molecular weight is 404 g/mol. The van der Waals surface area contributed by atoms with E-state index >= 15 is 0 Å². The van der Waals surface area contributed by atoms with Crippen LogP contribution in [0.5, 0.6) is 0 Å². The molecule has 0 fully saturated rings. The summed E-state index contributed by atoms with van der Waals surface area (Å²) in [5.41, 5.74) is 3.49. The molecule has 5 heteroatoms. The molecule has 3 rings (SSSR count). The molecule has 2 aromatic carbocycles. The molecule has 0 saturated heterocycles. The van der Waals surface area contributed by atoms with Crippen molar-refractivity contribution in [3.63, 3.8) is 0 Å². The van der Waals surface area contributed by atoms with Crippen molar-refractivity contribution in [3.8, 4) is 0 Å². The maximum atomic E-state index is 11.2. The topological polar surface area (TPSA) is 53.1 Å². The number of nitrogens with one attached hydrogen (secondary N) is 1. The molecule has 0 aliphatic rings. The molecule has 27 heavy (non-hydrogen) atoms. The standard InChI is InChI=1S/C20H20ClNO2S.C2H6/c1-11-7-12(20(2,3)4)5-6-17(11)25-18-9-13(21)8-15-14(18)10-16(22-15)19(23)24;1-2/h5-10,22H,1-4H3,(H,23,24);1-2H3. The summed E-state index contributed by atoms with van der Waals surface area (Å²) in [4.78, 5) is 16.2. The molecule has 0 spiro atoms. The molecule has 0 saturated carbocycles. The van der Waals surface area contributed by atoms with E-state index in [1.807, 2.05) is 19.9 Å². The van der Waals surface area contributed by atoms with Gasteiger partial charge in [-0.1, -0.05) is 70.1 Å². The summed E-state index contributed by atoms with van der Waals surface area (Å²) < 4.78 is 0. The first-order valence-corrected chi connectivity index (χ1v) is 10.2. The summed E-state index contributed by atoms with van der Waals surface area (Å²) in [7, 11) is 0. The Kier molecular flexibility index (Phi) is 6.66. The van der Waals surface area contributed by atoms with Crippen molar-refractivity contribution in [2.24, 2.45) is 0 Å². The van der Waals surface area contributed by atoms with E-state index < -0.39 is 5.97 Å². The van der Waals surface area contributed by atoms with Gasteiger partial charge in [-0.2, -0.15) is 0 Å². The van der Waals surface area contributed by atoms with Crippen molar-refractivity contribution in [1.82, 2.24) is 4.98 Å². The second-order valence-corrected chi connectivity index (χ2v) is 8.71. The zero-order valence-electron chi connectivity index (χ0n) is 16.6. The summed E-state index contributed by atoms with van der Waals surface area (Å²) >= 11 is 7.83. The van der Waals surface area contributed by atoms with Crippen molar-refractivity contribution in [1.29, 1.82) is 0 Å². The first-order chi connectivity index (χ1) is 12.6. The first kappa shape index (κ1) is 21.4. The van der Waals surface area contributed by atoms with Crippen molar-refractivity contribution in [2.75, 3.05) is 0 Å². The molecular formula is C22H26ClNO2S. The monoisotopic (exact) mass is 403 g/mol. The number of hydrogen-bond acceptors (Lipinski definition) is 2. The fraction of sp³-hybridized carbons (Fsp3) is 0.318. The maximum Gasteiger partial charge on any atom is 0.352 e. The largest absolute Gasteiger partial charge is 0.477 e. The zero-order chi connectivity index (χ0) is 20.4. The Morgan fingerprint density at radius 1 is 1.07 bits per heavy atom. The Balaban J connectivity index is 0.00000126. The molecule has 0 unspecified atom stereocenters. The highest BCUT2D eigenvalue weighted by atomic mass is 35.5. The van der Waals surface area contributed by atoms with Crippen LogP contribution in [0.3, 0.4) is 0 Å². The quantitative estimate of drug-likeness (QED) is 0.482. The molecule has 2 N–H and O–H groups in total. The summed E-state index contributed by atoms with van der Waals surface area (Å²) in [6.45, 7) is 12.7. The zero-order valence-corrected chi connectivity index (χ0v) is 18.2. The molecule has 0 aliphatic carbocycles. The van der Waals surface area contributed by atoms with E-state index in [0.29, 0.717) is 5.02 Å². The van der Waals surface area contributed by atoms with Gasteiger partial charge in [-0.25, -0.2) is 4.79 Å². The number of carbonyl (C=O) groups is 1. The smallest absolute Gasteiger partial charge is 0.352 e. The van der Waals surface area contributed by atoms with Gasteiger partial charge in [0.1, 0.15) is 5.69 Å². The third-order valence-electron chi connectivity index (χ3n) is 4.16. The predicted octanol–water partition coefficient (Wildman–Crippen LogP) is 7.30. The molecule has 1 aromatic heterocycles. The number of benzene rings is 2. The van der Waals surface area contributed by atoms with Gasteiger partial charge in [0.25, 0.3) is 0 Å². The first-order valence-electron chi connectivity index (χ1n) is 9.00. The van der Waals surface area contributed by atoms with Crippen LogP contribution < -0.4 is 0 Å². The Labute approximate surface area is 170 Å². The summed E-state index contributed by atoms with van der Waals surface area (Å²) in [5, 5.41) is 10.7. The van der Waals surface area contributed by atoms with Crippen LogP contribution in [0.1, 0.15) is 56.2 Å². The van der Waals surface area contributed by atoms with Gasteiger partial charge in [0.05, 0.1) is 0 Å². The van der Waals surface area contributed by atoms with Crippen molar-refractivity contribution >= 4 is 40.2 Å². The molecule has 0 bridgehead atoms. The highest BCUT2D eigenvalue weighted by molar-refractivity contribution is 7.99. The van der Waals surface area contributed by atoms with Crippen LogP contribution in [0.15, 0.2) is 46.2 Å². The number of aromatic amines is 1. The summed E-state index contributed by atoms with van der Waals surface area (Å²) in [6.07, 6.45) is 0. The van der Waals surface area contributed by atoms with Crippen LogP contribution in [0, 0.1) is 6.92 Å². The molecule has 1 heterocycles. The number of H-pyrrole nitrogens is 1. The van der Waals surface area contributed by atoms with Gasteiger partial charge in [0.2, 0.25) is 0 Å². The fourth-order valence-electron chi connectivity index (χ4n) is 2.72. The van der Waals surface area contributed by atoms with Gasteiger partial charge in [0, 0.05) is 25.7 Å². The average Bonchev–Trinajstić information content (AvgIpc) is 3.02. The number of fused-ring (bicyclic) bond motifs is 1. The van der Waals surface area contributed by atoms with Crippen molar-refractivity contribution in [3.05, 3.63) is 58.2 Å². The lowest BCUT2D eigenvalue weighted by atomic mass is 9.86. The van der Waals surface area contributed by atoms with E-state index in [9.17, 15) is 9.90 Å². The molecule has 0 radical (unpaired) electrons. The SMILES string of the molecule is CC.Cc1cc(C(C)(C)C)ccc1Sc1cc(Cl)cc2[nH]c(C(=O)O)cc12. The Bertz CT molecular complexity index is 970. The van der Waals surface area contributed by atoms with Crippen LogP contribution in [0.4, 0.5) is 0 Å². The van der Waals surface area contributed by atoms with E-state index in [1.165, 1.54) is 11.1 Å². The van der Waals surface area contributed by atoms with E-state index in [-0.39, 0.29) is 11.1 Å². The lowest BCUT2D eigenvalue weighted by molar-refractivity contribution is 0.0691. The van der Waals surface area contributed by atoms with Gasteiger partial charge in [-0.3, -0.25) is 0 Å². The summed E-state index contributed by atoms with van der Waals surface area (Å²) in [6, 6.07) is 11.8. The van der Waals surface area contributed by atoms with Crippen molar-refractivity contribution < 1.29 is 9.90 Å². The molecule has 0 amide bonds. The van der Waals surface area contributed by atoms with Crippen LogP contribution >= 0.6 is 23.4 Å². The van der Waals surface area contributed by atoms with Gasteiger partial charge in [-0.05, 0) is 47.7 Å². The number of hydrogen-bond donors (Lipinski definition) is 2. The number of halogens is 1. The maximum absolute atomic E-state index is 11.2. The van der Waals surface area contributed by atoms with Gasteiger partial charge in [-0.15, -0.1) is 0 Å². The van der Waals surface area contributed by atoms with Crippen molar-refractivity contribution in [2.45, 2.75) is 56.7 Å². The third kappa shape index (κ3) is 4.88. The summed E-state index contributed by atoms with van der Waals surface area (Å²) in [5.74, 6) is -0.978. The number of aromatic carboxylic acids is 1. The molecular weight excluding hydrogens is 378 g/mol. The van der Waals surface area contributed by atoms with Crippen LogP contribution in [0.25, 0.3) is 10.9 Å². The van der Waals surface area contributed by atoms with E-state index in [2.05, 4.69) is 50.9 Å². The third-order valence-corrected chi connectivity index (χ3v) is 5.61. The minimum Gasteiger partial charge on any atom is -0.477 e. The second-order valence-electron chi connectivity index (χ2n) is 7.19. The Hall–Kier alpha value is -1.91. The number of carboxylic acid groups (broad SMARTS) is 1. The number of aromatic nitrogens is 1. The normalized spacial score (nSPS) is 11.2. The highest BCUT2D eigenvalue weighted by Crippen LogP contribution is 2.38. The van der Waals surface area contributed by atoms with Gasteiger partial charge in [0.15, 0.2) is 0 Å². The van der Waals surface area contributed by atoms with Gasteiger partial charge < -0.3 is 10.1 Å². The molecule has 0 atom stereocenters. The van der Waals surface area contributed by atoms with Gasteiger partial charge >= 0.3 is 5.97 Å². The number of aryl methyl sites for hydroxylation is 1. The number of rotatable bonds is 3. The fourth-order valence-corrected chi connectivity index (χ4v) is 4.06. The minimum absolute atomic E-state index is 0.105. The van der Waals surface area contributed by atoms with E-state index in [4.69, 9.17) is 11.6 Å². The molecule has 3 aromatic rings. The van der Waals surface area contributed by atoms with Crippen LogP contribution in [-0.2, 0) is 5.41 Å². The van der Waals surface area contributed by atoms with E-state index in [1.54, 1.807) is 23.9 Å². The Morgan fingerprint density at radius 3 is 2.30 bits per heavy atom.